The maximum Gasteiger partial charge on any atom is 0.288 e. The van der Waals surface area contributed by atoms with Crippen LogP contribution in [0, 0.1) is 0 Å². The minimum atomic E-state index is -2.38. The Morgan fingerprint density at radius 1 is 1.36 bits per heavy atom. The average molecular weight is 278 g/mol. The average Bonchev–Trinajstić information content (AvgIpc) is 2.49. The molecular weight excluding hydrogens is 272 g/mol. The molecular formula is C9H6BrF2NS. The Kier molecular flexibility index (Phi) is 2.78. The van der Waals surface area contributed by atoms with Crippen LogP contribution in [-0.4, -0.2) is 10.7 Å². The summed E-state index contributed by atoms with van der Waals surface area (Å²) in [5.74, 6) is -2.38. The van der Waals surface area contributed by atoms with Crippen molar-refractivity contribution in [2.45, 2.75) is 10.7 Å². The highest BCUT2D eigenvalue weighted by Gasteiger charge is 2.11. The molecule has 1 aromatic heterocycles. The van der Waals surface area contributed by atoms with Crippen LogP contribution in [-0.2, 0) is 0 Å². The van der Waals surface area contributed by atoms with Gasteiger partial charge in [-0.3, -0.25) is 0 Å². The fourth-order valence-electron chi connectivity index (χ4n) is 1.29. The molecule has 0 aliphatic heterocycles. The second-order valence-corrected chi connectivity index (χ2v) is 4.58. The van der Waals surface area contributed by atoms with Crippen LogP contribution in [0.5, 0.6) is 0 Å². The summed E-state index contributed by atoms with van der Waals surface area (Å²) in [6.45, 7) is 0. The highest BCUT2D eigenvalue weighted by atomic mass is 79.9. The summed E-state index contributed by atoms with van der Waals surface area (Å²) in [6, 6.07) is 5.52. The quantitative estimate of drug-likeness (QED) is 0.812. The van der Waals surface area contributed by atoms with Crippen molar-refractivity contribution >= 4 is 38.6 Å². The largest absolute Gasteiger partial charge is 0.359 e. The Labute approximate surface area is 92.0 Å². The van der Waals surface area contributed by atoms with Crippen molar-refractivity contribution in [2.24, 2.45) is 0 Å². The lowest BCUT2D eigenvalue weighted by Gasteiger charge is -1.97. The van der Waals surface area contributed by atoms with Gasteiger partial charge in [0.15, 0.2) is 0 Å². The van der Waals surface area contributed by atoms with E-state index in [9.17, 15) is 8.78 Å². The third-order valence-corrected chi connectivity index (χ3v) is 3.27. The van der Waals surface area contributed by atoms with Gasteiger partial charge in [0.25, 0.3) is 5.76 Å². The smallest absolute Gasteiger partial charge is 0.288 e. The molecule has 14 heavy (non-hydrogen) atoms. The SMILES string of the molecule is FC(F)Sc1c[nH]c2c(Br)cccc12. The number of nitrogens with one attached hydrogen (secondary N) is 1. The normalized spacial score (nSPS) is 11.4. The van der Waals surface area contributed by atoms with Crippen LogP contribution >= 0.6 is 27.7 Å². The van der Waals surface area contributed by atoms with Gasteiger partial charge >= 0.3 is 0 Å². The lowest BCUT2D eigenvalue weighted by molar-refractivity contribution is 0.252. The zero-order valence-electron chi connectivity index (χ0n) is 6.93. The molecule has 0 spiro atoms. The number of halogens is 3. The molecule has 0 fully saturated rings. The fraction of sp³-hybridized carbons (Fsp3) is 0.111. The van der Waals surface area contributed by atoms with Gasteiger partial charge in [-0.05, 0) is 22.0 Å². The van der Waals surface area contributed by atoms with Gasteiger partial charge in [0, 0.05) is 21.0 Å². The molecule has 0 amide bonds. The number of benzene rings is 1. The highest BCUT2D eigenvalue weighted by Crippen LogP contribution is 2.34. The Bertz CT molecular complexity index is 455. The Hall–Kier alpha value is -0.550. The van der Waals surface area contributed by atoms with Crippen molar-refractivity contribution in [3.8, 4) is 0 Å². The number of thioether (sulfide) groups is 1. The van der Waals surface area contributed by atoms with Crippen LogP contribution < -0.4 is 0 Å². The standard InChI is InChI=1S/C9H6BrF2NS/c10-6-3-1-2-5-7(14-9(11)12)4-13-8(5)6/h1-4,9,13H. The van der Waals surface area contributed by atoms with E-state index in [2.05, 4.69) is 20.9 Å². The maximum absolute atomic E-state index is 12.2. The van der Waals surface area contributed by atoms with Gasteiger partial charge in [0.05, 0.1) is 5.52 Å². The van der Waals surface area contributed by atoms with E-state index in [4.69, 9.17) is 0 Å². The van der Waals surface area contributed by atoms with Crippen molar-refractivity contribution in [1.82, 2.24) is 4.98 Å². The van der Waals surface area contributed by atoms with Gasteiger partial charge in [-0.2, -0.15) is 8.78 Å². The number of rotatable bonds is 2. The van der Waals surface area contributed by atoms with Crippen LogP contribution in [0.2, 0.25) is 0 Å². The number of alkyl halides is 2. The van der Waals surface area contributed by atoms with Crippen molar-refractivity contribution in [3.05, 3.63) is 28.9 Å². The number of hydrogen-bond acceptors (Lipinski definition) is 1. The summed E-state index contributed by atoms with van der Waals surface area (Å²) in [5, 5.41) is 0.824. The van der Waals surface area contributed by atoms with Crippen molar-refractivity contribution < 1.29 is 8.78 Å². The van der Waals surface area contributed by atoms with Crippen molar-refractivity contribution in [1.29, 1.82) is 0 Å². The van der Waals surface area contributed by atoms with Crippen LogP contribution in [0.25, 0.3) is 10.9 Å². The minimum Gasteiger partial charge on any atom is -0.359 e. The van der Waals surface area contributed by atoms with E-state index in [1.165, 1.54) is 0 Å². The lowest BCUT2D eigenvalue weighted by Crippen LogP contribution is -1.79. The molecule has 0 aliphatic carbocycles. The number of H-pyrrole nitrogens is 1. The van der Waals surface area contributed by atoms with Gasteiger partial charge in [-0.1, -0.05) is 23.9 Å². The topological polar surface area (TPSA) is 15.8 Å². The van der Waals surface area contributed by atoms with Crippen molar-refractivity contribution in [3.63, 3.8) is 0 Å². The first-order valence-corrected chi connectivity index (χ1v) is 5.56. The molecule has 0 unspecified atom stereocenters. The van der Waals surface area contributed by atoms with Crippen LogP contribution in [0.3, 0.4) is 0 Å². The summed E-state index contributed by atoms with van der Waals surface area (Å²) in [4.78, 5) is 3.54. The third kappa shape index (κ3) is 1.79. The van der Waals surface area contributed by atoms with Gasteiger partial charge < -0.3 is 4.98 Å². The predicted molar refractivity (Wildman–Crippen MR) is 57.9 cm³/mol. The molecule has 0 saturated carbocycles. The maximum atomic E-state index is 12.2. The summed E-state index contributed by atoms with van der Waals surface area (Å²) >= 11 is 3.91. The number of aromatic amines is 1. The third-order valence-electron chi connectivity index (χ3n) is 1.84. The number of para-hydroxylation sites is 1. The molecule has 2 rings (SSSR count). The van der Waals surface area contributed by atoms with Crippen molar-refractivity contribution in [2.75, 3.05) is 0 Å². The first-order valence-electron chi connectivity index (χ1n) is 3.89. The molecule has 0 atom stereocenters. The fourth-order valence-corrected chi connectivity index (χ4v) is 2.38. The summed E-state index contributed by atoms with van der Waals surface area (Å²) in [6.07, 6.45) is 1.60. The van der Waals surface area contributed by atoms with Gasteiger partial charge in [-0.25, -0.2) is 0 Å². The van der Waals surface area contributed by atoms with Gasteiger partial charge in [0.2, 0.25) is 0 Å². The molecule has 74 valence electrons. The van der Waals surface area contributed by atoms with Gasteiger partial charge in [-0.15, -0.1) is 0 Å². The molecule has 1 nitrogen and oxygen atoms in total. The molecule has 0 radical (unpaired) electrons. The summed E-state index contributed by atoms with van der Waals surface area (Å²) in [5.41, 5.74) is 0.857. The van der Waals surface area contributed by atoms with E-state index in [1.54, 1.807) is 6.20 Å². The second kappa shape index (κ2) is 3.90. The number of fused-ring (bicyclic) bond motifs is 1. The molecule has 0 saturated heterocycles. The number of aromatic nitrogens is 1. The lowest BCUT2D eigenvalue weighted by atomic mass is 10.2. The predicted octanol–water partition coefficient (Wildman–Crippen LogP) is 4.25. The number of hydrogen-bond donors (Lipinski definition) is 1. The molecule has 0 aliphatic rings. The summed E-state index contributed by atoms with van der Waals surface area (Å²) < 4.78 is 25.2. The molecule has 1 heterocycles. The summed E-state index contributed by atoms with van der Waals surface area (Å²) in [7, 11) is 0. The Balaban J connectivity index is 2.52. The van der Waals surface area contributed by atoms with E-state index in [1.807, 2.05) is 18.2 Å². The van der Waals surface area contributed by atoms with E-state index in [0.29, 0.717) is 16.7 Å². The zero-order chi connectivity index (χ0) is 10.1. The van der Waals surface area contributed by atoms with E-state index in [0.717, 1.165) is 15.4 Å². The van der Waals surface area contributed by atoms with Crippen LogP contribution in [0.1, 0.15) is 0 Å². The molecule has 0 bridgehead atoms. The molecule has 2 aromatic rings. The zero-order valence-corrected chi connectivity index (χ0v) is 9.33. The molecule has 5 heteroatoms. The molecule has 1 N–H and O–H groups in total. The Morgan fingerprint density at radius 2 is 2.14 bits per heavy atom. The van der Waals surface area contributed by atoms with Crippen LogP contribution in [0.4, 0.5) is 8.78 Å². The first kappa shape index (κ1) is 9.98. The van der Waals surface area contributed by atoms with E-state index < -0.39 is 5.76 Å². The second-order valence-electron chi connectivity index (χ2n) is 2.69. The monoisotopic (exact) mass is 277 g/mol. The highest BCUT2D eigenvalue weighted by molar-refractivity contribution is 9.10. The van der Waals surface area contributed by atoms with E-state index in [-0.39, 0.29) is 0 Å². The van der Waals surface area contributed by atoms with E-state index >= 15 is 0 Å². The van der Waals surface area contributed by atoms with Gasteiger partial charge in [0.1, 0.15) is 0 Å². The minimum absolute atomic E-state index is 0.558. The Morgan fingerprint density at radius 3 is 2.86 bits per heavy atom. The molecule has 1 aromatic carbocycles. The van der Waals surface area contributed by atoms with Crippen LogP contribution in [0.15, 0.2) is 33.8 Å². The first-order chi connectivity index (χ1) is 6.68.